The zero-order valence-electron chi connectivity index (χ0n) is 9.12. The van der Waals surface area contributed by atoms with Gasteiger partial charge in [-0.15, -0.1) is 0 Å². The van der Waals surface area contributed by atoms with Gasteiger partial charge in [0.25, 0.3) is 0 Å². The van der Waals surface area contributed by atoms with E-state index in [0.717, 1.165) is 0 Å². The SMILES string of the molecule is [B]CCN(CCO)C(=O)OC(C)(C)C. The van der Waals surface area contributed by atoms with Crippen LogP contribution in [0.2, 0.25) is 6.32 Å². The van der Waals surface area contributed by atoms with Crippen LogP contribution >= 0.6 is 0 Å². The van der Waals surface area contributed by atoms with E-state index in [2.05, 4.69) is 0 Å². The molecule has 2 radical (unpaired) electrons. The van der Waals surface area contributed by atoms with Crippen molar-refractivity contribution in [3.05, 3.63) is 0 Å². The molecule has 1 N–H and O–H groups in total. The third kappa shape index (κ3) is 5.86. The number of hydrogen-bond donors (Lipinski definition) is 1. The van der Waals surface area contributed by atoms with E-state index in [1.807, 2.05) is 0 Å². The van der Waals surface area contributed by atoms with Gasteiger partial charge in [-0.05, 0) is 20.8 Å². The largest absolute Gasteiger partial charge is 0.444 e. The van der Waals surface area contributed by atoms with Gasteiger partial charge in [0.05, 0.1) is 14.5 Å². The van der Waals surface area contributed by atoms with Crippen LogP contribution in [0.5, 0.6) is 0 Å². The van der Waals surface area contributed by atoms with Gasteiger partial charge in [-0.1, -0.05) is 6.32 Å². The molecule has 0 aliphatic carbocycles. The summed E-state index contributed by atoms with van der Waals surface area (Å²) in [5.41, 5.74) is -0.514. The number of amides is 1. The number of aliphatic hydroxyl groups excluding tert-OH is 1. The molecule has 0 unspecified atom stereocenters. The normalized spacial score (nSPS) is 11.1. The fraction of sp³-hybridized carbons (Fsp3) is 0.889. The maximum atomic E-state index is 11.5. The maximum Gasteiger partial charge on any atom is 0.410 e. The number of aliphatic hydroxyl groups is 1. The third-order valence-electron chi connectivity index (χ3n) is 1.42. The van der Waals surface area contributed by atoms with Crippen molar-refractivity contribution < 1.29 is 14.6 Å². The fourth-order valence-electron chi connectivity index (χ4n) is 0.897. The van der Waals surface area contributed by atoms with Crippen LogP contribution in [-0.4, -0.2) is 49.2 Å². The standard InChI is InChI=1S/C9H18BNO3/c1-9(2,3)14-8(13)11(5-4-10)6-7-12/h12H,4-7H2,1-3H3. The molecule has 4 nitrogen and oxygen atoms in total. The highest BCUT2D eigenvalue weighted by Gasteiger charge is 2.20. The van der Waals surface area contributed by atoms with Crippen LogP contribution < -0.4 is 0 Å². The first-order valence-corrected chi connectivity index (χ1v) is 4.69. The monoisotopic (exact) mass is 199 g/mol. The second kappa shape index (κ2) is 5.91. The summed E-state index contributed by atoms with van der Waals surface area (Å²) in [4.78, 5) is 12.9. The van der Waals surface area contributed by atoms with Gasteiger partial charge in [-0.3, -0.25) is 0 Å². The average molecular weight is 199 g/mol. The van der Waals surface area contributed by atoms with Gasteiger partial charge in [0, 0.05) is 13.1 Å². The zero-order chi connectivity index (χ0) is 11.2. The predicted octanol–water partition coefficient (Wildman–Crippen LogP) is 0.803. The van der Waals surface area contributed by atoms with Crippen molar-refractivity contribution in [1.82, 2.24) is 4.90 Å². The first kappa shape index (κ1) is 13.3. The van der Waals surface area contributed by atoms with Gasteiger partial charge in [0.2, 0.25) is 0 Å². The topological polar surface area (TPSA) is 49.8 Å². The van der Waals surface area contributed by atoms with E-state index in [1.165, 1.54) is 4.90 Å². The first-order valence-electron chi connectivity index (χ1n) is 4.69. The van der Waals surface area contributed by atoms with E-state index in [0.29, 0.717) is 12.9 Å². The molecule has 0 spiro atoms. The van der Waals surface area contributed by atoms with E-state index < -0.39 is 11.7 Å². The lowest BCUT2D eigenvalue weighted by molar-refractivity contribution is 0.0230. The van der Waals surface area contributed by atoms with Gasteiger partial charge >= 0.3 is 6.09 Å². The molecular weight excluding hydrogens is 181 g/mol. The van der Waals surface area contributed by atoms with Gasteiger partial charge in [0.1, 0.15) is 5.60 Å². The van der Waals surface area contributed by atoms with Crippen molar-refractivity contribution >= 4 is 13.9 Å². The van der Waals surface area contributed by atoms with Crippen molar-refractivity contribution in [3.63, 3.8) is 0 Å². The second-order valence-corrected chi connectivity index (χ2v) is 3.98. The number of rotatable bonds is 4. The Bertz CT molecular complexity index is 173. The molecule has 14 heavy (non-hydrogen) atoms. The molecule has 0 rings (SSSR count). The lowest BCUT2D eigenvalue weighted by Gasteiger charge is -2.26. The van der Waals surface area contributed by atoms with Gasteiger partial charge < -0.3 is 14.7 Å². The molecule has 5 heteroatoms. The Balaban J connectivity index is 4.14. The van der Waals surface area contributed by atoms with Gasteiger partial charge in [0.15, 0.2) is 0 Å². The molecule has 0 atom stereocenters. The molecule has 0 aromatic rings. The molecule has 0 aliphatic rings. The third-order valence-corrected chi connectivity index (χ3v) is 1.42. The number of carbonyl (C=O) groups excluding carboxylic acids is 1. The molecule has 0 bridgehead atoms. The summed E-state index contributed by atoms with van der Waals surface area (Å²) >= 11 is 0. The minimum Gasteiger partial charge on any atom is -0.444 e. The van der Waals surface area contributed by atoms with Gasteiger partial charge in [-0.25, -0.2) is 4.79 Å². The van der Waals surface area contributed by atoms with Crippen molar-refractivity contribution in [2.75, 3.05) is 19.7 Å². The number of carbonyl (C=O) groups is 1. The van der Waals surface area contributed by atoms with Crippen LogP contribution in [0, 0.1) is 0 Å². The van der Waals surface area contributed by atoms with Crippen molar-refractivity contribution in [3.8, 4) is 0 Å². The predicted molar refractivity (Wildman–Crippen MR) is 55.5 cm³/mol. The number of ether oxygens (including phenoxy) is 1. The summed E-state index contributed by atoms with van der Waals surface area (Å²) in [6, 6.07) is 0. The maximum absolute atomic E-state index is 11.5. The van der Waals surface area contributed by atoms with E-state index in [-0.39, 0.29) is 13.2 Å². The van der Waals surface area contributed by atoms with Crippen LogP contribution in [0.25, 0.3) is 0 Å². The van der Waals surface area contributed by atoms with Crippen molar-refractivity contribution in [1.29, 1.82) is 0 Å². The molecular formula is C9H18BNO3. The fourth-order valence-corrected chi connectivity index (χ4v) is 0.897. The van der Waals surface area contributed by atoms with E-state index in [9.17, 15) is 4.79 Å². The van der Waals surface area contributed by atoms with Crippen molar-refractivity contribution in [2.24, 2.45) is 0 Å². The molecule has 0 saturated carbocycles. The average Bonchev–Trinajstić information content (AvgIpc) is 2.01. The Morgan fingerprint density at radius 2 is 2.00 bits per heavy atom. The van der Waals surface area contributed by atoms with Gasteiger partial charge in [-0.2, -0.15) is 0 Å². The van der Waals surface area contributed by atoms with Crippen LogP contribution in [0.4, 0.5) is 4.79 Å². The van der Waals surface area contributed by atoms with Crippen LogP contribution in [0.1, 0.15) is 20.8 Å². The summed E-state index contributed by atoms with van der Waals surface area (Å²) < 4.78 is 5.13. The molecule has 0 saturated heterocycles. The Hall–Kier alpha value is -0.705. The first-order chi connectivity index (χ1) is 6.40. The summed E-state index contributed by atoms with van der Waals surface area (Å²) in [5.74, 6) is 0. The van der Waals surface area contributed by atoms with E-state index in [1.54, 1.807) is 20.8 Å². The zero-order valence-corrected chi connectivity index (χ0v) is 9.12. The summed E-state index contributed by atoms with van der Waals surface area (Å²) in [7, 11) is 5.33. The lowest BCUT2D eigenvalue weighted by atomic mass is 10.1. The Morgan fingerprint density at radius 1 is 1.43 bits per heavy atom. The number of nitrogens with zero attached hydrogens (tertiary/aromatic N) is 1. The summed E-state index contributed by atoms with van der Waals surface area (Å²) in [5, 5.41) is 8.72. The molecule has 0 fully saturated rings. The number of hydrogen-bond acceptors (Lipinski definition) is 3. The smallest absolute Gasteiger partial charge is 0.410 e. The van der Waals surface area contributed by atoms with E-state index >= 15 is 0 Å². The highest BCUT2D eigenvalue weighted by molar-refractivity contribution is 6.08. The van der Waals surface area contributed by atoms with Crippen molar-refractivity contribution in [2.45, 2.75) is 32.7 Å². The summed E-state index contributed by atoms with van der Waals surface area (Å²) in [6.45, 7) is 5.96. The van der Waals surface area contributed by atoms with Crippen LogP contribution in [-0.2, 0) is 4.74 Å². The molecule has 0 heterocycles. The highest BCUT2D eigenvalue weighted by atomic mass is 16.6. The van der Waals surface area contributed by atoms with Crippen LogP contribution in [0.15, 0.2) is 0 Å². The molecule has 0 aromatic heterocycles. The van der Waals surface area contributed by atoms with E-state index in [4.69, 9.17) is 17.7 Å². The second-order valence-electron chi connectivity index (χ2n) is 3.98. The molecule has 0 aliphatic heterocycles. The lowest BCUT2D eigenvalue weighted by Crippen LogP contribution is -2.38. The summed E-state index contributed by atoms with van der Waals surface area (Å²) in [6.07, 6.45) is -0.0730. The molecule has 80 valence electrons. The Kier molecular flexibility index (Phi) is 5.61. The highest BCUT2D eigenvalue weighted by Crippen LogP contribution is 2.09. The Labute approximate surface area is 86.6 Å². The molecule has 1 amide bonds. The minimum atomic E-state index is -0.514. The van der Waals surface area contributed by atoms with Crippen LogP contribution in [0.3, 0.4) is 0 Å². The molecule has 0 aromatic carbocycles. The minimum absolute atomic E-state index is 0.0841. The Morgan fingerprint density at radius 3 is 2.36 bits per heavy atom. The quantitative estimate of drug-likeness (QED) is 0.681.